The van der Waals surface area contributed by atoms with Crippen molar-refractivity contribution in [3.8, 4) is 11.5 Å². The zero-order valence-electron chi connectivity index (χ0n) is 42.2. The van der Waals surface area contributed by atoms with Gasteiger partial charge in [-0.05, 0) is 113 Å². The molecule has 0 fully saturated rings. The van der Waals surface area contributed by atoms with Crippen molar-refractivity contribution in [1.82, 2.24) is 29.9 Å². The van der Waals surface area contributed by atoms with Crippen LogP contribution in [0.3, 0.4) is 0 Å². The molecule has 34 nitrogen and oxygen atoms in total. The minimum absolute atomic E-state index is 0.273. The molecule has 0 radical (unpaired) electrons. The van der Waals surface area contributed by atoms with Crippen LogP contribution < -0.4 is 22.5 Å². The zero-order valence-corrected chi connectivity index (χ0v) is 47.0. The van der Waals surface area contributed by atoms with Crippen molar-refractivity contribution in [3.63, 3.8) is 0 Å². The lowest BCUT2D eigenvalue weighted by molar-refractivity contribution is 0.0686. The highest BCUT2D eigenvalue weighted by molar-refractivity contribution is 7.86. The number of carboxylic acid groups (broad SMARTS) is 3. The molecule has 13 N–H and O–H groups in total. The van der Waals surface area contributed by atoms with E-state index < -0.39 is 183 Å². The van der Waals surface area contributed by atoms with Crippen molar-refractivity contribution in [2.45, 2.75) is 19.6 Å². The van der Waals surface area contributed by atoms with Crippen LogP contribution in [0.4, 0.5) is 45.5 Å². The molecular weight excluding hydrogens is 1280 g/mol. The normalized spacial score (nSPS) is 13.4. The molecular formula is C47H30Cl2N14O20S4. The fourth-order valence-electron chi connectivity index (χ4n) is 7.95. The van der Waals surface area contributed by atoms with E-state index in [-0.39, 0.29) is 22.7 Å². The number of carboxylic acids is 3. The number of carbonyl (C=O) groups is 3. The van der Waals surface area contributed by atoms with Crippen molar-refractivity contribution in [2.75, 3.05) is 0 Å². The molecule has 0 saturated carbocycles. The number of phenols is 2. The number of hydrogen-bond acceptors (Lipinski definition) is 23. The Morgan fingerprint density at radius 1 is 0.437 bits per heavy atom. The van der Waals surface area contributed by atoms with Gasteiger partial charge in [0.25, 0.3) is 40.5 Å². The number of H-pyrrole nitrogens is 4. The number of fused-ring (bicyclic) bond motifs is 2. The Balaban J connectivity index is 1.19. The van der Waals surface area contributed by atoms with E-state index in [0.717, 1.165) is 30.3 Å². The number of nitrogens with one attached hydrogen (secondary N) is 4. The van der Waals surface area contributed by atoms with Crippen molar-refractivity contribution < 1.29 is 91.8 Å². The molecule has 87 heavy (non-hydrogen) atoms. The minimum Gasteiger partial charge on any atom is -0.505 e. The third-order valence-electron chi connectivity index (χ3n) is 11.5. The summed E-state index contributed by atoms with van der Waals surface area (Å²) >= 11 is 12.6. The summed E-state index contributed by atoms with van der Waals surface area (Å²) in [5, 5.41) is 64.5. The maximum atomic E-state index is 12.7. The largest absolute Gasteiger partial charge is 0.505 e. The molecule has 446 valence electrons. The number of aromatic nitrogens is 6. The van der Waals surface area contributed by atoms with Crippen molar-refractivity contribution >= 4 is 149 Å². The molecule has 0 aliphatic carbocycles. The molecule has 0 aliphatic heterocycles. The minimum atomic E-state index is -5.37. The molecule has 0 atom stereocenters. The number of phenolic OH excluding ortho intramolecular Hbond substituents is 2. The lowest BCUT2D eigenvalue weighted by atomic mass is 10.1. The Labute approximate surface area is 492 Å². The fourth-order valence-corrected chi connectivity index (χ4v) is 10.7. The second-order valence-electron chi connectivity index (χ2n) is 17.3. The monoisotopic (exact) mass is 1310 g/mol. The van der Waals surface area contributed by atoms with Gasteiger partial charge in [-0.25, -0.2) is 34.4 Å². The highest BCUT2D eigenvalue weighted by Crippen LogP contribution is 2.48. The van der Waals surface area contributed by atoms with Crippen molar-refractivity contribution in [3.05, 3.63) is 153 Å². The second kappa shape index (κ2) is 23.3. The summed E-state index contributed by atoms with van der Waals surface area (Å²) in [4.78, 5) is 67.0. The fraction of sp³-hybridized carbons (Fsp3) is 0. The summed E-state index contributed by atoms with van der Waals surface area (Å²) in [6.45, 7) is 0. The number of aromatic amines is 4. The van der Waals surface area contributed by atoms with E-state index >= 15 is 0 Å². The van der Waals surface area contributed by atoms with Gasteiger partial charge in [0.1, 0.15) is 32.5 Å². The van der Waals surface area contributed by atoms with Crippen LogP contribution in [0.2, 0.25) is 10.6 Å². The highest BCUT2D eigenvalue weighted by Gasteiger charge is 2.28. The molecule has 2 heterocycles. The molecule has 40 heteroatoms. The van der Waals surface area contributed by atoms with E-state index in [2.05, 4.69) is 70.3 Å². The average molecular weight is 1310 g/mol. The molecule has 0 saturated heterocycles. The van der Waals surface area contributed by atoms with Gasteiger partial charge in [-0.1, -0.05) is 24.3 Å². The predicted molar refractivity (Wildman–Crippen MR) is 296 cm³/mol. The number of benzene rings is 7. The summed E-state index contributed by atoms with van der Waals surface area (Å²) in [5.74, 6) is -6.78. The molecule has 2 aromatic heterocycles. The van der Waals surface area contributed by atoms with Crippen molar-refractivity contribution in [2.24, 2.45) is 40.4 Å². The maximum absolute atomic E-state index is 12.7. The number of nitrogens with zero attached hydrogens (tertiary/aromatic N) is 10. The molecule has 0 aliphatic rings. The summed E-state index contributed by atoms with van der Waals surface area (Å²) in [6, 6.07) is 17.2. The van der Waals surface area contributed by atoms with Crippen LogP contribution >= 0.6 is 23.2 Å². The van der Waals surface area contributed by atoms with Crippen LogP contribution in [0.15, 0.2) is 163 Å². The van der Waals surface area contributed by atoms with Crippen molar-refractivity contribution in [1.29, 1.82) is 0 Å². The predicted octanol–water partition coefficient (Wildman–Crippen LogP) is 6.66. The first kappa shape index (κ1) is 61.3. The molecule has 0 unspecified atom stereocenters. The Bertz CT molecular complexity index is 5040. The number of rotatable bonds is 15. The third kappa shape index (κ3) is 13.6. The summed E-state index contributed by atoms with van der Waals surface area (Å²) in [6.07, 6.45) is 0. The van der Waals surface area contributed by atoms with E-state index in [1.807, 2.05) is 0 Å². The first-order valence-corrected chi connectivity index (χ1v) is 29.6. The lowest BCUT2D eigenvalue weighted by Crippen LogP contribution is -2.27. The van der Waals surface area contributed by atoms with Crippen LogP contribution in [-0.2, 0) is 40.5 Å². The SMILES string of the molecule is O=C(O)c1cc(N=c2nc(Cl)[nH]c(=Nc3cc(S(=O)(=O)O)cc4cc(S(=O)(=O)O)c(N=Nc5ccccc5C(=O)O)c(O)c34)[nH]2)cc(N=c2nc(Cl)[nH]c(=Nc3cc(S(=O)(=O)O)cc4cc(S(=O)(=O)O)c(N=Nc5ccccc5C(=O)O)c(O)c34)[nH]2)c1. The van der Waals surface area contributed by atoms with Crippen LogP contribution in [0, 0.1) is 0 Å². The van der Waals surface area contributed by atoms with Crippen LogP contribution in [0.1, 0.15) is 31.1 Å². The number of halogens is 2. The number of aromatic hydroxyl groups is 2. The molecule has 0 spiro atoms. The van der Waals surface area contributed by atoms with Gasteiger partial charge in [-0.15, -0.1) is 20.5 Å². The van der Waals surface area contributed by atoms with Crippen LogP contribution in [0.5, 0.6) is 11.5 Å². The molecule has 7 aromatic carbocycles. The molecule has 0 bridgehead atoms. The van der Waals surface area contributed by atoms with E-state index in [1.54, 1.807) is 0 Å². The number of azo groups is 2. The van der Waals surface area contributed by atoms with E-state index in [4.69, 9.17) is 23.2 Å². The van der Waals surface area contributed by atoms with Crippen LogP contribution in [0.25, 0.3) is 21.5 Å². The van der Waals surface area contributed by atoms with Gasteiger partial charge in [0.2, 0.25) is 33.0 Å². The Morgan fingerprint density at radius 3 is 1.16 bits per heavy atom. The molecule has 0 amide bonds. The molecule has 9 aromatic rings. The lowest BCUT2D eigenvalue weighted by Gasteiger charge is -2.12. The van der Waals surface area contributed by atoms with Gasteiger partial charge in [0.05, 0.1) is 60.0 Å². The second-order valence-corrected chi connectivity index (χ2v) is 23.6. The van der Waals surface area contributed by atoms with Gasteiger partial charge in [0, 0.05) is 0 Å². The summed E-state index contributed by atoms with van der Waals surface area (Å²) in [5.41, 5.74) is -7.79. The van der Waals surface area contributed by atoms with Gasteiger partial charge < -0.3 is 35.5 Å². The van der Waals surface area contributed by atoms with Gasteiger partial charge in [-0.3, -0.25) is 28.2 Å². The highest BCUT2D eigenvalue weighted by atomic mass is 35.5. The third-order valence-corrected chi connectivity index (χ3v) is 15.3. The maximum Gasteiger partial charge on any atom is 0.337 e. The average Bonchev–Trinajstić information content (AvgIpc) is 1.72. The van der Waals surface area contributed by atoms with Gasteiger partial charge in [0.15, 0.2) is 11.5 Å². The van der Waals surface area contributed by atoms with E-state index in [0.29, 0.717) is 36.4 Å². The number of aromatic carboxylic acids is 3. The standard InChI is InChI=1S/C47H30Cl2N14O20S4/c48-42-54-44(58-46(56-42)52-29-16-23(84(72,73)74)11-18-13-31(86(78,79)80)35(37(64)33(18)29)62-60-27-7-3-1-5-25(27)40(68)69)50-21-9-20(39(66)67)10-22(15-21)51-45-55-43(49)57-47(59-45)53-30-17-24(85(75,76)77)12-19-14-32(87(81,82)83)36(38(65)34(19)30)63-61-28-8-4-2-6-26(28)41(70)71/h1-17,64-65H,(H,66,67)(H,68,69)(H,70,71)(H,72,73,74)(H,75,76,77)(H,78,79,80)(H,81,82,83)(H2,50,52,54,56,58)(H2,51,53,55,57,59). The van der Waals surface area contributed by atoms with Gasteiger partial charge in [-0.2, -0.15) is 43.6 Å². The first-order valence-electron chi connectivity index (χ1n) is 23.1. The summed E-state index contributed by atoms with van der Waals surface area (Å²) < 4.78 is 141. The summed E-state index contributed by atoms with van der Waals surface area (Å²) in [7, 11) is -21.1. The Hall–Kier alpha value is -10.3. The first-order chi connectivity index (χ1) is 40.7. The Kier molecular flexibility index (Phi) is 16.4. The Morgan fingerprint density at radius 2 is 0.816 bits per heavy atom. The topological polar surface area (TPSA) is 558 Å². The number of hydrogen-bond donors (Lipinski definition) is 13. The smallest absolute Gasteiger partial charge is 0.337 e. The molecule has 9 rings (SSSR count). The zero-order chi connectivity index (χ0) is 63.2. The van der Waals surface area contributed by atoms with Crippen LogP contribution in [-0.4, -0.2) is 125 Å². The van der Waals surface area contributed by atoms with Gasteiger partial charge >= 0.3 is 17.9 Å². The van der Waals surface area contributed by atoms with E-state index in [1.165, 1.54) is 36.4 Å². The van der Waals surface area contributed by atoms with E-state index in [9.17, 15) is 91.8 Å². The quantitative estimate of drug-likeness (QED) is 0.0377.